The molecule has 2 atom stereocenters. The van der Waals surface area contributed by atoms with E-state index in [0.29, 0.717) is 23.9 Å². The number of hydrogen-bond acceptors (Lipinski definition) is 7. The summed E-state index contributed by atoms with van der Waals surface area (Å²) in [6, 6.07) is 0. The lowest BCUT2D eigenvalue weighted by Gasteiger charge is -2.25. The second kappa shape index (κ2) is 39.8. The van der Waals surface area contributed by atoms with Gasteiger partial charge in [0.25, 0.3) is 6.29 Å². The Morgan fingerprint density at radius 2 is 1.00 bits per heavy atom. The number of ether oxygens (including phenoxy) is 4. The molecule has 0 rings (SSSR count). The lowest BCUT2D eigenvalue weighted by molar-refractivity contribution is -0.870. The predicted octanol–water partition coefficient (Wildman–Crippen LogP) is 11.8. The number of rotatable bonds is 40. The zero-order chi connectivity index (χ0) is 42.1. The summed E-state index contributed by atoms with van der Waals surface area (Å²) >= 11 is 0. The molecule has 328 valence electrons. The zero-order valence-electron chi connectivity index (χ0n) is 37.0. The molecule has 0 aliphatic rings. The molecule has 57 heavy (non-hydrogen) atoms. The summed E-state index contributed by atoms with van der Waals surface area (Å²) in [6.07, 6.45) is 44.5. The van der Waals surface area contributed by atoms with E-state index in [1.165, 1.54) is 57.8 Å². The van der Waals surface area contributed by atoms with Crippen LogP contribution in [0.2, 0.25) is 0 Å². The number of likely N-dealkylation sites (N-methyl/N-ethyl adjacent to an activating group) is 1. The van der Waals surface area contributed by atoms with Crippen LogP contribution in [0.15, 0.2) is 60.8 Å². The second-order valence-electron chi connectivity index (χ2n) is 16.0. The quantitative estimate of drug-likeness (QED) is 0.0214. The van der Waals surface area contributed by atoms with Gasteiger partial charge in [0, 0.05) is 12.8 Å². The highest BCUT2D eigenvalue weighted by Gasteiger charge is 2.25. The number of carboxylic acids is 1. The molecule has 0 aliphatic heterocycles. The van der Waals surface area contributed by atoms with Crippen LogP contribution in [-0.4, -0.2) is 87.4 Å². The van der Waals surface area contributed by atoms with E-state index >= 15 is 0 Å². The normalized spacial score (nSPS) is 13.5. The predicted molar refractivity (Wildman–Crippen MR) is 235 cm³/mol. The first kappa shape index (κ1) is 54.0. The van der Waals surface area contributed by atoms with Crippen molar-refractivity contribution in [3.05, 3.63) is 60.8 Å². The van der Waals surface area contributed by atoms with E-state index in [4.69, 9.17) is 18.9 Å². The van der Waals surface area contributed by atoms with Crippen molar-refractivity contribution < 1.29 is 42.9 Å². The largest absolute Gasteiger partial charge is 0.477 e. The van der Waals surface area contributed by atoms with Gasteiger partial charge in [0.2, 0.25) is 0 Å². The van der Waals surface area contributed by atoms with E-state index < -0.39 is 24.3 Å². The fourth-order valence-electron chi connectivity index (χ4n) is 5.80. The van der Waals surface area contributed by atoms with Crippen molar-refractivity contribution >= 4 is 17.9 Å². The number of allylic oxidation sites excluding steroid dienone is 10. The van der Waals surface area contributed by atoms with Crippen LogP contribution in [-0.2, 0) is 33.3 Å². The first-order chi connectivity index (χ1) is 27.6. The number of quaternary nitrogens is 1. The van der Waals surface area contributed by atoms with Crippen molar-refractivity contribution in [2.75, 3.05) is 47.5 Å². The number of unbranched alkanes of at least 4 members (excludes halogenated alkanes) is 15. The minimum atomic E-state index is -1.51. The maximum Gasteiger partial charge on any atom is 0.361 e. The summed E-state index contributed by atoms with van der Waals surface area (Å²) < 4.78 is 22.6. The lowest BCUT2D eigenvalue weighted by atomic mass is 10.1. The summed E-state index contributed by atoms with van der Waals surface area (Å²) in [5, 5.41) is 9.60. The molecule has 9 nitrogen and oxygen atoms in total. The minimum Gasteiger partial charge on any atom is -0.477 e. The van der Waals surface area contributed by atoms with Crippen molar-refractivity contribution in [3.8, 4) is 0 Å². The lowest BCUT2D eigenvalue weighted by Crippen LogP contribution is -2.40. The summed E-state index contributed by atoms with van der Waals surface area (Å²) in [5.41, 5.74) is 0. The first-order valence-electron chi connectivity index (χ1n) is 22.5. The van der Waals surface area contributed by atoms with Gasteiger partial charge in [-0.1, -0.05) is 158 Å². The van der Waals surface area contributed by atoms with Crippen molar-refractivity contribution in [3.63, 3.8) is 0 Å². The maximum absolute atomic E-state index is 12.7. The second-order valence-corrected chi connectivity index (χ2v) is 16.0. The Bertz CT molecular complexity index is 1120. The summed E-state index contributed by atoms with van der Waals surface area (Å²) in [4.78, 5) is 36.9. The van der Waals surface area contributed by atoms with Gasteiger partial charge in [0.15, 0.2) is 6.10 Å². The van der Waals surface area contributed by atoms with Gasteiger partial charge in [-0.25, -0.2) is 4.79 Å². The van der Waals surface area contributed by atoms with Crippen molar-refractivity contribution in [1.82, 2.24) is 0 Å². The maximum atomic E-state index is 12.7. The molecule has 0 aromatic carbocycles. The Morgan fingerprint density at radius 1 is 0.544 bits per heavy atom. The number of aliphatic carboxylic acids is 1. The molecule has 9 heteroatoms. The molecule has 0 fully saturated rings. The molecule has 0 heterocycles. The van der Waals surface area contributed by atoms with Crippen molar-refractivity contribution in [2.45, 2.75) is 180 Å². The van der Waals surface area contributed by atoms with Crippen molar-refractivity contribution in [2.24, 2.45) is 0 Å². The van der Waals surface area contributed by atoms with E-state index in [-0.39, 0.29) is 32.2 Å². The highest BCUT2D eigenvalue weighted by Crippen LogP contribution is 2.14. The van der Waals surface area contributed by atoms with E-state index in [1.807, 2.05) is 21.1 Å². The first-order valence-corrected chi connectivity index (χ1v) is 22.5. The van der Waals surface area contributed by atoms with Gasteiger partial charge in [0.1, 0.15) is 13.2 Å². The van der Waals surface area contributed by atoms with Crippen LogP contribution >= 0.6 is 0 Å². The van der Waals surface area contributed by atoms with E-state index in [9.17, 15) is 19.5 Å². The smallest absolute Gasteiger partial charge is 0.361 e. The molecule has 0 spiro atoms. The Balaban J connectivity index is 4.26. The van der Waals surface area contributed by atoms with Crippen molar-refractivity contribution in [1.29, 1.82) is 0 Å². The van der Waals surface area contributed by atoms with Crippen LogP contribution in [0.25, 0.3) is 0 Å². The van der Waals surface area contributed by atoms with Gasteiger partial charge in [0.05, 0.1) is 34.4 Å². The summed E-state index contributed by atoms with van der Waals surface area (Å²) in [5.74, 6) is -2.03. The number of carboxylic acid groups (broad SMARTS) is 1. The number of esters is 2. The fraction of sp³-hybridized carbons (Fsp3) is 0.729. The molecule has 0 saturated carbocycles. The Labute approximate surface area is 348 Å². The summed E-state index contributed by atoms with van der Waals surface area (Å²) in [6.45, 7) is 4.68. The molecule has 0 aromatic rings. The standard InChI is InChI=1S/C48H83NO8/c1-6-8-10-12-14-15-16-17-18-19-20-21-22-23-24-25-26-27-28-29-30-31-33-35-37-39-46(51)57-44(42-55-45(50)38-36-34-32-13-11-9-7-2)43-56-48(47(52)53)54-41-40-49(3,4)5/h8,10,14-15,17-18,20-21,23-24,44,48H,6-7,9,11-13,16,19,22,25-43H2,1-5H3/p+1/b10-8-,15-14-,18-17-,21-20-,24-23-. The van der Waals surface area contributed by atoms with Gasteiger partial charge < -0.3 is 28.5 Å². The molecule has 0 aliphatic carbocycles. The Hall–Kier alpha value is -3.01. The average Bonchev–Trinajstić information content (AvgIpc) is 3.17. The SMILES string of the molecule is CC/C=C\C/C=C\C/C=C\C/C=C\C/C=C\CCCCCCCCCCCC(=O)OC(COC(=O)CCCCCCCCC)COC(OCC[N+](C)(C)C)C(=O)O. The number of carbonyl (C=O) groups is 3. The van der Waals surface area contributed by atoms with Crippen LogP contribution in [0, 0.1) is 0 Å². The topological polar surface area (TPSA) is 108 Å². The van der Waals surface area contributed by atoms with Crippen LogP contribution in [0.1, 0.15) is 168 Å². The van der Waals surface area contributed by atoms with Gasteiger partial charge in [-0.15, -0.1) is 0 Å². The van der Waals surface area contributed by atoms with E-state index in [0.717, 1.165) is 77.0 Å². The zero-order valence-corrected chi connectivity index (χ0v) is 37.0. The highest BCUT2D eigenvalue weighted by atomic mass is 16.7. The molecular weight excluding hydrogens is 719 g/mol. The molecule has 0 amide bonds. The number of hydrogen-bond donors (Lipinski definition) is 1. The third-order valence-electron chi connectivity index (χ3n) is 9.29. The minimum absolute atomic E-state index is 0.185. The fourth-order valence-corrected chi connectivity index (χ4v) is 5.80. The van der Waals surface area contributed by atoms with E-state index in [1.54, 1.807) is 0 Å². The molecule has 0 aromatic heterocycles. The monoisotopic (exact) mass is 803 g/mol. The van der Waals surface area contributed by atoms with Gasteiger partial charge in [-0.05, 0) is 57.8 Å². The number of nitrogens with zero attached hydrogens (tertiary/aromatic N) is 1. The molecule has 0 saturated heterocycles. The van der Waals surface area contributed by atoms with E-state index in [2.05, 4.69) is 74.6 Å². The third kappa shape index (κ3) is 41.0. The van der Waals surface area contributed by atoms with Gasteiger partial charge >= 0.3 is 17.9 Å². The van der Waals surface area contributed by atoms with Crippen LogP contribution in [0.5, 0.6) is 0 Å². The number of carbonyl (C=O) groups excluding carboxylic acids is 2. The van der Waals surface area contributed by atoms with Crippen LogP contribution < -0.4 is 0 Å². The van der Waals surface area contributed by atoms with Crippen LogP contribution in [0.3, 0.4) is 0 Å². The third-order valence-corrected chi connectivity index (χ3v) is 9.29. The Kier molecular flexibility index (Phi) is 37.7. The molecule has 2 unspecified atom stereocenters. The highest BCUT2D eigenvalue weighted by molar-refractivity contribution is 5.71. The van der Waals surface area contributed by atoms with Crippen LogP contribution in [0.4, 0.5) is 0 Å². The summed E-state index contributed by atoms with van der Waals surface area (Å²) in [7, 11) is 5.94. The average molecular weight is 803 g/mol. The Morgan fingerprint density at radius 3 is 1.49 bits per heavy atom. The molecule has 0 radical (unpaired) electrons. The van der Waals surface area contributed by atoms with Gasteiger partial charge in [-0.3, -0.25) is 9.59 Å². The molecule has 0 bridgehead atoms. The molecular formula is C48H84NO8+. The molecule has 1 N–H and O–H groups in total. The van der Waals surface area contributed by atoms with Gasteiger partial charge in [-0.2, -0.15) is 0 Å².